The molecule has 0 spiro atoms. The highest BCUT2D eigenvalue weighted by Crippen LogP contribution is 2.23. The number of hydrogen-bond donors (Lipinski definition) is 1. The number of nitrogens with zero attached hydrogens (tertiary/aromatic N) is 1. The molecule has 1 N–H and O–H groups in total. The van der Waals surface area contributed by atoms with Gasteiger partial charge in [0.25, 0.3) is 5.91 Å². The molecule has 2 rings (SSSR count). The van der Waals surface area contributed by atoms with Gasteiger partial charge in [0.2, 0.25) is 0 Å². The Balaban J connectivity index is 2.23. The van der Waals surface area contributed by atoms with E-state index in [1.165, 1.54) is 0 Å². The van der Waals surface area contributed by atoms with Crippen LogP contribution in [-0.4, -0.2) is 12.5 Å². The minimum atomic E-state index is -0.420. The predicted molar refractivity (Wildman–Crippen MR) is 108 cm³/mol. The van der Waals surface area contributed by atoms with Crippen LogP contribution in [0.4, 0.5) is 5.69 Å². The number of ether oxygens (including phenoxy) is 1. The van der Waals surface area contributed by atoms with E-state index in [9.17, 15) is 10.1 Å². The van der Waals surface area contributed by atoms with E-state index < -0.39 is 5.91 Å². The van der Waals surface area contributed by atoms with Crippen LogP contribution in [-0.2, 0) is 4.79 Å². The number of benzene rings is 2. The van der Waals surface area contributed by atoms with Gasteiger partial charge in [-0.05, 0) is 90.4 Å². The van der Waals surface area contributed by atoms with Crippen LogP contribution in [0.15, 0.2) is 42.0 Å². The van der Waals surface area contributed by atoms with Gasteiger partial charge in [-0.3, -0.25) is 4.79 Å². The number of nitrogens with one attached hydrogen (secondary N) is 1. The standard InChI is InChI=1S/C20H19IN2O2/c1-4-25-19-6-5-15(11-18(19)21)10-16(12-22)20(24)23-17-8-13(2)7-14(3)9-17/h5-11H,4H2,1-3H3,(H,23,24)/b16-10+. The number of hydrogen-bond acceptors (Lipinski definition) is 3. The Hall–Kier alpha value is -2.33. The largest absolute Gasteiger partial charge is 0.493 e. The van der Waals surface area contributed by atoms with Crippen LogP contribution in [0.5, 0.6) is 5.75 Å². The number of halogens is 1. The average molecular weight is 446 g/mol. The maximum Gasteiger partial charge on any atom is 0.266 e. The van der Waals surface area contributed by atoms with E-state index in [1.807, 2.05) is 63.2 Å². The van der Waals surface area contributed by atoms with Crippen molar-refractivity contribution < 1.29 is 9.53 Å². The van der Waals surface area contributed by atoms with Crippen molar-refractivity contribution in [3.8, 4) is 11.8 Å². The van der Waals surface area contributed by atoms with Crippen molar-refractivity contribution in [1.82, 2.24) is 0 Å². The van der Waals surface area contributed by atoms with Crippen LogP contribution in [0.3, 0.4) is 0 Å². The van der Waals surface area contributed by atoms with Crippen LogP contribution in [0.2, 0.25) is 0 Å². The topological polar surface area (TPSA) is 62.1 Å². The highest BCUT2D eigenvalue weighted by atomic mass is 127. The Bertz CT molecular complexity index is 846. The first-order valence-corrected chi connectivity index (χ1v) is 8.94. The van der Waals surface area contributed by atoms with E-state index in [2.05, 4.69) is 27.9 Å². The zero-order chi connectivity index (χ0) is 18.4. The van der Waals surface area contributed by atoms with Crippen LogP contribution < -0.4 is 10.1 Å². The monoisotopic (exact) mass is 446 g/mol. The Morgan fingerprint density at radius 1 is 1.24 bits per heavy atom. The molecule has 5 heteroatoms. The predicted octanol–water partition coefficient (Wildman–Crippen LogP) is 4.85. The Kier molecular flexibility index (Phi) is 6.59. The molecule has 0 aliphatic carbocycles. The summed E-state index contributed by atoms with van der Waals surface area (Å²) in [6, 6.07) is 13.3. The fourth-order valence-electron chi connectivity index (χ4n) is 2.44. The van der Waals surface area contributed by atoms with Gasteiger partial charge in [0.15, 0.2) is 0 Å². The molecule has 25 heavy (non-hydrogen) atoms. The molecule has 0 aliphatic heterocycles. The van der Waals surface area contributed by atoms with Crippen molar-refractivity contribution in [1.29, 1.82) is 5.26 Å². The quantitative estimate of drug-likeness (QED) is 0.406. The highest BCUT2D eigenvalue weighted by molar-refractivity contribution is 14.1. The Morgan fingerprint density at radius 3 is 2.48 bits per heavy atom. The summed E-state index contributed by atoms with van der Waals surface area (Å²) in [5, 5.41) is 12.1. The summed E-state index contributed by atoms with van der Waals surface area (Å²) in [7, 11) is 0. The maximum absolute atomic E-state index is 12.4. The molecule has 0 heterocycles. The van der Waals surface area contributed by atoms with Gasteiger partial charge >= 0.3 is 0 Å². The van der Waals surface area contributed by atoms with E-state index in [0.717, 1.165) is 26.0 Å². The summed E-state index contributed by atoms with van der Waals surface area (Å²) >= 11 is 2.17. The van der Waals surface area contributed by atoms with Gasteiger partial charge in [-0.25, -0.2) is 0 Å². The fraction of sp³-hybridized carbons (Fsp3) is 0.200. The van der Waals surface area contributed by atoms with Crippen molar-refractivity contribution >= 4 is 40.3 Å². The maximum atomic E-state index is 12.4. The van der Waals surface area contributed by atoms with Crippen LogP contribution in [0.1, 0.15) is 23.6 Å². The number of amides is 1. The molecule has 1 amide bonds. The lowest BCUT2D eigenvalue weighted by atomic mass is 10.1. The summed E-state index contributed by atoms with van der Waals surface area (Å²) in [5.74, 6) is 0.370. The molecule has 0 saturated carbocycles. The highest BCUT2D eigenvalue weighted by Gasteiger charge is 2.11. The fourth-order valence-corrected chi connectivity index (χ4v) is 3.14. The third-order valence-corrected chi connectivity index (χ3v) is 4.25. The second kappa shape index (κ2) is 8.67. The van der Waals surface area contributed by atoms with E-state index in [1.54, 1.807) is 6.08 Å². The second-order valence-electron chi connectivity index (χ2n) is 5.62. The lowest BCUT2D eigenvalue weighted by Crippen LogP contribution is -2.13. The van der Waals surface area contributed by atoms with Gasteiger partial charge in [0, 0.05) is 5.69 Å². The molecular weight excluding hydrogens is 427 g/mol. The van der Waals surface area contributed by atoms with Gasteiger partial charge in [-0.1, -0.05) is 12.1 Å². The molecule has 128 valence electrons. The molecule has 0 saturated heterocycles. The number of carbonyl (C=O) groups excluding carboxylic acids is 1. The first-order valence-electron chi connectivity index (χ1n) is 7.86. The van der Waals surface area contributed by atoms with Gasteiger partial charge in [-0.15, -0.1) is 0 Å². The van der Waals surface area contributed by atoms with E-state index >= 15 is 0 Å². The first-order chi connectivity index (χ1) is 11.9. The van der Waals surface area contributed by atoms with Crippen molar-refractivity contribution in [3.05, 3.63) is 62.2 Å². The summed E-state index contributed by atoms with van der Waals surface area (Å²) in [4.78, 5) is 12.4. The molecule has 0 aromatic heterocycles. The molecule has 2 aromatic carbocycles. The molecule has 2 aromatic rings. The molecule has 0 radical (unpaired) electrons. The SMILES string of the molecule is CCOc1ccc(/C=C(\C#N)C(=O)Nc2cc(C)cc(C)c2)cc1I. The van der Waals surface area contributed by atoms with Gasteiger partial charge in [-0.2, -0.15) is 5.26 Å². The molecule has 0 bridgehead atoms. The van der Waals surface area contributed by atoms with Gasteiger partial charge in [0.1, 0.15) is 17.4 Å². The summed E-state index contributed by atoms with van der Waals surface area (Å²) in [5.41, 5.74) is 3.63. The van der Waals surface area contributed by atoms with Crippen LogP contribution in [0, 0.1) is 28.7 Å². The Labute approximate surface area is 161 Å². The zero-order valence-electron chi connectivity index (χ0n) is 14.4. The van der Waals surface area contributed by atoms with Crippen molar-refractivity contribution in [2.45, 2.75) is 20.8 Å². The van der Waals surface area contributed by atoms with E-state index in [0.29, 0.717) is 12.3 Å². The Morgan fingerprint density at radius 2 is 1.92 bits per heavy atom. The van der Waals surface area contributed by atoms with Crippen LogP contribution >= 0.6 is 22.6 Å². The lowest BCUT2D eigenvalue weighted by molar-refractivity contribution is -0.112. The summed E-state index contributed by atoms with van der Waals surface area (Å²) in [6.07, 6.45) is 1.58. The van der Waals surface area contributed by atoms with E-state index in [-0.39, 0.29) is 5.57 Å². The molecule has 0 unspecified atom stereocenters. The minimum Gasteiger partial charge on any atom is -0.493 e. The number of anilines is 1. The molecule has 0 fully saturated rings. The van der Waals surface area contributed by atoms with Crippen molar-refractivity contribution in [2.75, 3.05) is 11.9 Å². The van der Waals surface area contributed by atoms with Crippen LogP contribution in [0.25, 0.3) is 6.08 Å². The summed E-state index contributed by atoms with van der Waals surface area (Å²) < 4.78 is 6.43. The normalized spacial score (nSPS) is 10.9. The van der Waals surface area contributed by atoms with Crippen molar-refractivity contribution in [2.24, 2.45) is 0 Å². The third-order valence-electron chi connectivity index (χ3n) is 3.41. The minimum absolute atomic E-state index is 0.0547. The smallest absolute Gasteiger partial charge is 0.266 e. The van der Waals surface area contributed by atoms with Crippen molar-refractivity contribution in [3.63, 3.8) is 0 Å². The van der Waals surface area contributed by atoms with Gasteiger partial charge in [0.05, 0.1) is 10.2 Å². The molecular formula is C20H19IN2O2. The number of aryl methyl sites for hydroxylation is 2. The number of nitriles is 1. The first kappa shape index (κ1) is 19.0. The van der Waals surface area contributed by atoms with E-state index in [4.69, 9.17) is 4.74 Å². The number of rotatable bonds is 5. The third kappa shape index (κ3) is 5.33. The molecule has 4 nitrogen and oxygen atoms in total. The second-order valence-corrected chi connectivity index (χ2v) is 6.79. The lowest BCUT2D eigenvalue weighted by Gasteiger charge is -2.08. The average Bonchev–Trinajstić information content (AvgIpc) is 2.54. The molecule has 0 aliphatic rings. The molecule has 0 atom stereocenters. The summed E-state index contributed by atoms with van der Waals surface area (Å²) in [6.45, 7) is 6.44. The van der Waals surface area contributed by atoms with Gasteiger partial charge < -0.3 is 10.1 Å². The number of carbonyl (C=O) groups is 1. The zero-order valence-corrected chi connectivity index (χ0v) is 16.5.